The van der Waals surface area contributed by atoms with Crippen LogP contribution in [-0.4, -0.2) is 17.6 Å². The molecule has 1 heterocycles. The maximum Gasteiger partial charge on any atom is 0.0436 e. The zero-order valence-electron chi connectivity index (χ0n) is 3.27. The molecule has 1 aliphatic heterocycles. The van der Waals surface area contributed by atoms with Gasteiger partial charge in [-0.05, 0) is 13.0 Å². The molecule has 2 N–H and O–H groups in total. The summed E-state index contributed by atoms with van der Waals surface area (Å²) >= 11 is 0. The molecule has 0 aliphatic carbocycles. The minimum absolute atomic E-state index is 0.340. The summed E-state index contributed by atoms with van der Waals surface area (Å²) in [7, 11) is 0. The summed E-state index contributed by atoms with van der Waals surface area (Å²) in [6, 6.07) is 0. The number of rotatable bonds is 0. The molecule has 3 heteroatoms. The summed E-state index contributed by atoms with van der Waals surface area (Å²) < 4.78 is 0. The van der Waals surface area contributed by atoms with Crippen LogP contribution in [0.15, 0.2) is 0 Å². The summed E-state index contributed by atoms with van der Waals surface area (Å²) in [6.45, 7) is 0.653. The number of hydrogen-bond acceptors (Lipinski definition) is 3. The first-order valence-corrected chi connectivity index (χ1v) is 1.88. The molecular weight excluding hydrogens is 82.0 g/mol. The van der Waals surface area contributed by atoms with E-state index >= 15 is 0 Å². The molecule has 1 fully saturated rings. The Labute approximate surface area is 35.6 Å². The fraction of sp³-hybridized carbons (Fsp3) is 1.00. The maximum atomic E-state index is 10.0. The summed E-state index contributed by atoms with van der Waals surface area (Å²) in [6.07, 6.45) is 0.340. The van der Waals surface area contributed by atoms with Crippen LogP contribution in [0.5, 0.6) is 0 Å². The maximum absolute atomic E-state index is 10.0. The summed E-state index contributed by atoms with van der Waals surface area (Å²) in [5, 5.41) is 20.5. The van der Waals surface area contributed by atoms with Crippen molar-refractivity contribution in [2.75, 3.05) is 6.54 Å². The molecule has 0 saturated carbocycles. The van der Waals surface area contributed by atoms with E-state index in [0.717, 1.165) is 0 Å². The molecule has 1 saturated heterocycles. The summed E-state index contributed by atoms with van der Waals surface area (Å²) in [4.78, 5) is 0. The molecule has 36 valence electrons. The fourth-order valence-corrected chi connectivity index (χ4v) is 0.339. The lowest BCUT2D eigenvalue weighted by molar-refractivity contribution is -0.577. The van der Waals surface area contributed by atoms with Gasteiger partial charge in [0, 0.05) is 5.91 Å². The minimum Gasteiger partial charge on any atom is -0.817 e. The van der Waals surface area contributed by atoms with Gasteiger partial charge in [0.15, 0.2) is 0 Å². The van der Waals surface area contributed by atoms with E-state index < -0.39 is 5.91 Å². The predicted molar refractivity (Wildman–Crippen MR) is 17.6 cm³/mol. The average Bonchev–Trinajstić information content (AvgIpc) is 1.32. The monoisotopic (exact) mass is 88.0 g/mol. The second-order valence-electron chi connectivity index (χ2n) is 1.46. The van der Waals surface area contributed by atoms with Crippen LogP contribution in [-0.2, 0) is 0 Å². The van der Waals surface area contributed by atoms with Gasteiger partial charge < -0.3 is 15.5 Å². The van der Waals surface area contributed by atoms with Crippen LogP contribution in [0.1, 0.15) is 6.42 Å². The van der Waals surface area contributed by atoms with E-state index in [4.69, 9.17) is 5.11 Å². The van der Waals surface area contributed by atoms with Crippen molar-refractivity contribution in [1.82, 2.24) is 5.32 Å². The third kappa shape index (κ3) is 0.518. The Balaban J connectivity index is 2.31. The van der Waals surface area contributed by atoms with Crippen molar-refractivity contribution in [1.29, 1.82) is 0 Å². The molecule has 6 heavy (non-hydrogen) atoms. The standard InChI is InChI=1S/C3H6NO2/c5-3(6)1-2-4-3/h4-5H,1-2H2/q-1. The number of nitrogens with one attached hydrogen (secondary N) is 1. The highest BCUT2D eigenvalue weighted by Gasteiger charge is 2.18. The van der Waals surface area contributed by atoms with Gasteiger partial charge in [-0.3, -0.25) is 0 Å². The van der Waals surface area contributed by atoms with Crippen LogP contribution < -0.4 is 10.4 Å². The van der Waals surface area contributed by atoms with Crippen molar-refractivity contribution in [3.8, 4) is 0 Å². The lowest BCUT2D eigenvalue weighted by Crippen LogP contribution is -2.66. The molecule has 0 aromatic rings. The van der Waals surface area contributed by atoms with E-state index in [1.54, 1.807) is 0 Å². The van der Waals surface area contributed by atoms with E-state index in [1.165, 1.54) is 0 Å². The third-order valence-electron chi connectivity index (χ3n) is 0.865. The third-order valence-corrected chi connectivity index (χ3v) is 0.865. The SMILES string of the molecule is [O-]C1(O)CCN1. The highest BCUT2D eigenvalue weighted by Crippen LogP contribution is 2.03. The topological polar surface area (TPSA) is 55.3 Å². The van der Waals surface area contributed by atoms with Crippen LogP contribution in [0.25, 0.3) is 0 Å². The Hall–Kier alpha value is -0.120. The zero-order chi connectivity index (χ0) is 4.62. The molecule has 1 aliphatic rings. The molecule has 0 radical (unpaired) electrons. The molecule has 0 bridgehead atoms. The molecule has 1 rings (SSSR count). The van der Waals surface area contributed by atoms with Crippen molar-refractivity contribution in [2.45, 2.75) is 12.3 Å². The molecule has 0 spiro atoms. The van der Waals surface area contributed by atoms with Gasteiger partial charge in [0.25, 0.3) is 0 Å². The van der Waals surface area contributed by atoms with Crippen LogP contribution in [0.4, 0.5) is 0 Å². The molecule has 0 aromatic carbocycles. The van der Waals surface area contributed by atoms with E-state index in [9.17, 15) is 5.11 Å². The van der Waals surface area contributed by atoms with Gasteiger partial charge in [-0.1, -0.05) is 0 Å². The van der Waals surface area contributed by atoms with Crippen LogP contribution in [0.3, 0.4) is 0 Å². The molecular formula is C3H6NO2-. The van der Waals surface area contributed by atoms with Crippen molar-refractivity contribution in [2.24, 2.45) is 0 Å². The Morgan fingerprint density at radius 1 is 1.83 bits per heavy atom. The van der Waals surface area contributed by atoms with Crippen LogP contribution in [0.2, 0.25) is 0 Å². The second-order valence-corrected chi connectivity index (χ2v) is 1.46. The minimum atomic E-state index is -1.78. The van der Waals surface area contributed by atoms with E-state index in [2.05, 4.69) is 5.32 Å². The molecule has 1 atom stereocenters. The fourth-order valence-electron chi connectivity index (χ4n) is 0.339. The Morgan fingerprint density at radius 2 is 2.17 bits per heavy atom. The van der Waals surface area contributed by atoms with Crippen molar-refractivity contribution >= 4 is 0 Å². The largest absolute Gasteiger partial charge is 0.817 e. The van der Waals surface area contributed by atoms with Gasteiger partial charge in [-0.25, -0.2) is 0 Å². The van der Waals surface area contributed by atoms with Gasteiger partial charge in [0.2, 0.25) is 0 Å². The van der Waals surface area contributed by atoms with E-state index in [-0.39, 0.29) is 0 Å². The summed E-state index contributed by atoms with van der Waals surface area (Å²) in [5.74, 6) is -1.78. The average molecular weight is 88.1 g/mol. The normalized spacial score (nSPS) is 45.0. The van der Waals surface area contributed by atoms with Gasteiger partial charge >= 0.3 is 0 Å². The number of hydrogen-bond donors (Lipinski definition) is 2. The predicted octanol–water partition coefficient (Wildman–Crippen LogP) is -2.01. The highest BCUT2D eigenvalue weighted by molar-refractivity contribution is 4.71. The second kappa shape index (κ2) is 0.932. The smallest absolute Gasteiger partial charge is 0.0436 e. The lowest BCUT2D eigenvalue weighted by atomic mass is 10.2. The zero-order valence-corrected chi connectivity index (χ0v) is 3.27. The van der Waals surface area contributed by atoms with Crippen molar-refractivity contribution in [3.63, 3.8) is 0 Å². The van der Waals surface area contributed by atoms with E-state index in [1.807, 2.05) is 0 Å². The first-order valence-electron chi connectivity index (χ1n) is 1.88. The van der Waals surface area contributed by atoms with Gasteiger partial charge in [0.05, 0.1) is 0 Å². The molecule has 0 aromatic heterocycles. The first kappa shape index (κ1) is 4.05. The quantitative estimate of drug-likeness (QED) is 0.336. The van der Waals surface area contributed by atoms with Crippen LogP contribution in [0, 0.1) is 0 Å². The Bertz CT molecular complexity index is 55.8. The van der Waals surface area contributed by atoms with Crippen molar-refractivity contribution < 1.29 is 10.2 Å². The van der Waals surface area contributed by atoms with Gasteiger partial charge in [-0.2, -0.15) is 0 Å². The van der Waals surface area contributed by atoms with Crippen molar-refractivity contribution in [3.05, 3.63) is 0 Å². The summed E-state index contributed by atoms with van der Waals surface area (Å²) in [5.41, 5.74) is 0. The molecule has 1 unspecified atom stereocenters. The lowest BCUT2D eigenvalue weighted by Gasteiger charge is -2.44. The van der Waals surface area contributed by atoms with Crippen LogP contribution >= 0.6 is 0 Å². The Morgan fingerprint density at radius 3 is 2.17 bits per heavy atom. The molecule has 0 amide bonds. The first-order chi connectivity index (χ1) is 2.71. The highest BCUT2D eigenvalue weighted by atomic mass is 16.5. The Kier molecular flexibility index (Phi) is 0.629. The number of aliphatic hydroxyl groups is 1. The van der Waals surface area contributed by atoms with Gasteiger partial charge in [-0.15, -0.1) is 0 Å². The van der Waals surface area contributed by atoms with E-state index in [0.29, 0.717) is 13.0 Å². The molecule has 3 nitrogen and oxygen atoms in total. The van der Waals surface area contributed by atoms with Gasteiger partial charge in [0.1, 0.15) is 0 Å².